The molecule has 2 atom stereocenters. The van der Waals surface area contributed by atoms with E-state index in [1.165, 1.54) is 6.42 Å². The molecule has 4 nitrogen and oxygen atoms in total. The van der Waals surface area contributed by atoms with Gasteiger partial charge >= 0.3 is 0 Å². The normalized spacial score (nSPS) is 32.8. The van der Waals surface area contributed by atoms with Gasteiger partial charge in [0, 0.05) is 11.8 Å². The van der Waals surface area contributed by atoms with Crippen LogP contribution in [0.1, 0.15) is 20.3 Å². The first kappa shape index (κ1) is 13.2. The second kappa shape index (κ2) is 6.61. The summed E-state index contributed by atoms with van der Waals surface area (Å²) in [6.45, 7) is 7.31. The molecular weight excluding hydrogens is 236 g/mol. The molecule has 0 radical (unpaired) electrons. The summed E-state index contributed by atoms with van der Waals surface area (Å²) in [6.07, 6.45) is 1.36. The van der Waals surface area contributed by atoms with Gasteiger partial charge in [0.2, 0.25) is 0 Å². The Kier molecular flexibility index (Phi) is 5.13. The number of rotatable bonds is 3. The molecule has 0 aromatic rings. The molecule has 0 aliphatic carbocycles. The maximum absolute atomic E-state index is 5.57. The van der Waals surface area contributed by atoms with Crippen LogP contribution in [0.25, 0.3) is 0 Å². The van der Waals surface area contributed by atoms with Gasteiger partial charge in [-0.05, 0) is 12.3 Å². The van der Waals surface area contributed by atoms with E-state index in [0.717, 1.165) is 17.5 Å². The molecule has 2 aliphatic heterocycles. The molecule has 2 aliphatic rings. The van der Waals surface area contributed by atoms with Crippen LogP contribution in [0.4, 0.5) is 0 Å². The average Bonchev–Trinajstić information content (AvgIpc) is 2.38. The van der Waals surface area contributed by atoms with Crippen LogP contribution in [0.5, 0.6) is 0 Å². The molecule has 2 unspecified atom stereocenters. The van der Waals surface area contributed by atoms with Gasteiger partial charge in [-0.25, -0.2) is 0 Å². The largest absolute Gasteiger partial charge is 0.376 e. The van der Waals surface area contributed by atoms with Crippen LogP contribution in [-0.4, -0.2) is 49.4 Å². The fourth-order valence-corrected chi connectivity index (χ4v) is 2.94. The van der Waals surface area contributed by atoms with E-state index in [1.807, 2.05) is 11.8 Å². The monoisotopic (exact) mass is 258 g/mol. The number of hydrogen-bond acceptors (Lipinski definition) is 4. The van der Waals surface area contributed by atoms with Crippen molar-refractivity contribution in [1.82, 2.24) is 5.32 Å². The summed E-state index contributed by atoms with van der Waals surface area (Å²) in [6, 6.07) is 0.568. The zero-order chi connectivity index (χ0) is 12.1. The Morgan fingerprint density at radius 3 is 3.06 bits per heavy atom. The van der Waals surface area contributed by atoms with Crippen molar-refractivity contribution in [1.29, 1.82) is 0 Å². The third kappa shape index (κ3) is 4.16. The van der Waals surface area contributed by atoms with Crippen molar-refractivity contribution in [3.63, 3.8) is 0 Å². The van der Waals surface area contributed by atoms with Crippen molar-refractivity contribution in [3.05, 3.63) is 0 Å². The number of hydrogen-bond donors (Lipinski definition) is 1. The number of thioether (sulfide) groups is 1. The first-order valence-corrected chi connectivity index (χ1v) is 7.37. The predicted octanol–water partition coefficient (Wildman–Crippen LogP) is 1.51. The van der Waals surface area contributed by atoms with E-state index in [-0.39, 0.29) is 6.10 Å². The molecule has 98 valence electrons. The van der Waals surface area contributed by atoms with Gasteiger partial charge < -0.3 is 14.8 Å². The van der Waals surface area contributed by atoms with Crippen molar-refractivity contribution >= 4 is 16.9 Å². The van der Waals surface area contributed by atoms with E-state index in [2.05, 4.69) is 24.2 Å². The molecule has 0 bridgehead atoms. The molecule has 17 heavy (non-hydrogen) atoms. The summed E-state index contributed by atoms with van der Waals surface area (Å²) in [5.41, 5.74) is 0. The topological polar surface area (TPSA) is 42.9 Å². The van der Waals surface area contributed by atoms with Gasteiger partial charge in [-0.15, -0.1) is 0 Å². The maximum atomic E-state index is 5.57. The minimum atomic E-state index is 0.137. The van der Waals surface area contributed by atoms with E-state index in [0.29, 0.717) is 31.7 Å². The summed E-state index contributed by atoms with van der Waals surface area (Å²) >= 11 is 1.82. The van der Waals surface area contributed by atoms with Gasteiger partial charge in [-0.2, -0.15) is 0 Å². The summed E-state index contributed by atoms with van der Waals surface area (Å²) in [5.74, 6) is 1.83. The van der Waals surface area contributed by atoms with Crippen LogP contribution in [0.2, 0.25) is 0 Å². The lowest BCUT2D eigenvalue weighted by atomic mass is 10.0. The van der Waals surface area contributed by atoms with Crippen LogP contribution in [0, 0.1) is 5.92 Å². The standard InChI is InChI=1S/C12H22N2O2S/c1-9(2)11-3-6-17-12(14-11)13-7-10-8-15-4-5-16-10/h9-11H,3-8H2,1-2H3,(H,13,14). The van der Waals surface area contributed by atoms with Crippen molar-refractivity contribution < 1.29 is 9.47 Å². The second-order valence-corrected chi connectivity index (χ2v) is 5.93. The van der Waals surface area contributed by atoms with Gasteiger partial charge in [0.1, 0.15) is 6.10 Å². The lowest BCUT2D eigenvalue weighted by Crippen LogP contribution is -2.42. The molecule has 2 heterocycles. The Morgan fingerprint density at radius 1 is 1.47 bits per heavy atom. The number of ether oxygens (including phenoxy) is 2. The Balaban J connectivity index is 1.79. The third-order valence-electron chi connectivity index (χ3n) is 3.10. The lowest BCUT2D eigenvalue weighted by Gasteiger charge is -2.29. The van der Waals surface area contributed by atoms with Crippen LogP contribution < -0.4 is 5.32 Å². The molecule has 2 fully saturated rings. The SMILES string of the molecule is CC(C)C1CCSC(=NCC2COCCO2)N1. The lowest BCUT2D eigenvalue weighted by molar-refractivity contribution is -0.0832. The van der Waals surface area contributed by atoms with Crippen LogP contribution in [0.3, 0.4) is 0 Å². The Morgan fingerprint density at radius 2 is 2.35 bits per heavy atom. The Labute approximate surface area is 108 Å². The quantitative estimate of drug-likeness (QED) is 0.833. The highest BCUT2D eigenvalue weighted by Gasteiger charge is 2.21. The van der Waals surface area contributed by atoms with Crippen molar-refractivity contribution in [2.75, 3.05) is 32.1 Å². The predicted molar refractivity (Wildman–Crippen MR) is 71.7 cm³/mol. The smallest absolute Gasteiger partial charge is 0.156 e. The van der Waals surface area contributed by atoms with E-state index in [1.54, 1.807) is 0 Å². The van der Waals surface area contributed by atoms with Crippen molar-refractivity contribution in [2.45, 2.75) is 32.4 Å². The van der Waals surface area contributed by atoms with Gasteiger partial charge in [0.05, 0.1) is 26.4 Å². The van der Waals surface area contributed by atoms with Crippen LogP contribution >= 0.6 is 11.8 Å². The molecular formula is C12H22N2O2S. The molecule has 0 aromatic heterocycles. The fourth-order valence-electron chi connectivity index (χ4n) is 1.97. The number of amidine groups is 1. The van der Waals surface area contributed by atoms with E-state index >= 15 is 0 Å². The van der Waals surface area contributed by atoms with Crippen molar-refractivity contribution in [2.24, 2.45) is 10.9 Å². The van der Waals surface area contributed by atoms with Gasteiger partial charge in [-0.1, -0.05) is 25.6 Å². The molecule has 0 aromatic carbocycles. The number of nitrogens with zero attached hydrogens (tertiary/aromatic N) is 1. The highest BCUT2D eigenvalue weighted by atomic mass is 32.2. The maximum Gasteiger partial charge on any atom is 0.156 e. The molecule has 0 saturated carbocycles. The Bertz CT molecular complexity index is 265. The second-order valence-electron chi connectivity index (χ2n) is 4.85. The zero-order valence-electron chi connectivity index (χ0n) is 10.6. The fraction of sp³-hybridized carbons (Fsp3) is 0.917. The third-order valence-corrected chi connectivity index (χ3v) is 4.06. The molecule has 5 heteroatoms. The minimum absolute atomic E-state index is 0.137. The summed E-state index contributed by atoms with van der Waals surface area (Å²) < 4.78 is 10.9. The highest BCUT2D eigenvalue weighted by Crippen LogP contribution is 2.18. The van der Waals surface area contributed by atoms with Crippen LogP contribution in [0.15, 0.2) is 4.99 Å². The van der Waals surface area contributed by atoms with E-state index in [9.17, 15) is 0 Å². The van der Waals surface area contributed by atoms with Crippen molar-refractivity contribution in [3.8, 4) is 0 Å². The summed E-state index contributed by atoms with van der Waals surface area (Å²) in [7, 11) is 0. The molecule has 0 amide bonds. The van der Waals surface area contributed by atoms with Gasteiger partial charge in [0.25, 0.3) is 0 Å². The summed E-state index contributed by atoms with van der Waals surface area (Å²) in [5, 5.41) is 4.58. The molecule has 0 spiro atoms. The molecule has 2 saturated heterocycles. The first-order chi connectivity index (χ1) is 8.25. The van der Waals surface area contributed by atoms with Crippen LogP contribution in [-0.2, 0) is 9.47 Å². The number of nitrogens with one attached hydrogen (secondary N) is 1. The zero-order valence-corrected chi connectivity index (χ0v) is 11.5. The van der Waals surface area contributed by atoms with Gasteiger partial charge in [0.15, 0.2) is 5.17 Å². The van der Waals surface area contributed by atoms with Gasteiger partial charge in [-0.3, -0.25) is 4.99 Å². The Hall–Kier alpha value is -0.260. The summed E-state index contributed by atoms with van der Waals surface area (Å²) in [4.78, 5) is 4.60. The number of aliphatic imine (C=N–C) groups is 1. The molecule has 1 N–H and O–H groups in total. The molecule has 2 rings (SSSR count). The van der Waals surface area contributed by atoms with E-state index in [4.69, 9.17) is 9.47 Å². The van der Waals surface area contributed by atoms with E-state index < -0.39 is 0 Å². The highest BCUT2D eigenvalue weighted by molar-refractivity contribution is 8.13. The first-order valence-electron chi connectivity index (χ1n) is 6.39. The average molecular weight is 258 g/mol. The minimum Gasteiger partial charge on any atom is -0.376 e.